The van der Waals surface area contributed by atoms with Gasteiger partial charge < -0.3 is 15.7 Å². The Morgan fingerprint density at radius 2 is 1.54 bits per heavy atom. The minimum Gasteiger partial charge on any atom is -0.481 e. The van der Waals surface area contributed by atoms with Gasteiger partial charge in [0.25, 0.3) is 5.91 Å². The maximum absolute atomic E-state index is 13.3. The first-order chi connectivity index (χ1) is 18.0. The summed E-state index contributed by atoms with van der Waals surface area (Å²) in [5, 5.41) is 16.6. The average Bonchev–Trinajstić information content (AvgIpc) is 3.28. The summed E-state index contributed by atoms with van der Waals surface area (Å²) in [6.07, 6.45) is 4.76. The Morgan fingerprint density at radius 1 is 0.892 bits per heavy atom. The van der Waals surface area contributed by atoms with E-state index in [-0.39, 0.29) is 18.4 Å². The SMILES string of the molecule is O=C(CN1CCC(C(=O)O)(c2ccccc2)CC1)Nc1sc2c(c1C(=O)Nc1ccccc1)CCCC2. The number of fused-ring (bicyclic) bond motifs is 1. The monoisotopic (exact) mass is 517 g/mol. The Kier molecular flexibility index (Phi) is 7.39. The molecule has 0 bridgehead atoms. The number of nitrogens with one attached hydrogen (secondary N) is 2. The second-order valence-electron chi connectivity index (χ2n) is 9.81. The fraction of sp³-hybridized carbons (Fsp3) is 0.345. The van der Waals surface area contributed by atoms with Crippen LogP contribution < -0.4 is 10.6 Å². The molecule has 0 atom stereocenters. The van der Waals surface area contributed by atoms with Crippen molar-refractivity contribution >= 4 is 39.8 Å². The molecule has 3 aromatic rings. The zero-order valence-corrected chi connectivity index (χ0v) is 21.5. The van der Waals surface area contributed by atoms with E-state index in [2.05, 4.69) is 10.6 Å². The molecule has 8 heteroatoms. The molecule has 3 N–H and O–H groups in total. The van der Waals surface area contributed by atoms with Crippen LogP contribution in [0.1, 0.15) is 52.0 Å². The fourth-order valence-electron chi connectivity index (χ4n) is 5.45. The number of likely N-dealkylation sites (tertiary alicyclic amines) is 1. The van der Waals surface area contributed by atoms with Crippen molar-refractivity contribution in [3.05, 3.63) is 82.2 Å². The Hall–Kier alpha value is -3.49. The lowest BCUT2D eigenvalue weighted by molar-refractivity contribution is -0.146. The molecular formula is C29H31N3O4S. The second kappa shape index (κ2) is 10.9. The number of carboxylic acids is 1. The summed E-state index contributed by atoms with van der Waals surface area (Å²) in [6, 6.07) is 18.7. The first-order valence-corrected chi connectivity index (χ1v) is 13.6. The molecule has 1 fully saturated rings. The largest absolute Gasteiger partial charge is 0.481 e. The van der Waals surface area contributed by atoms with Crippen LogP contribution in [0.5, 0.6) is 0 Å². The molecule has 1 aliphatic heterocycles. The lowest BCUT2D eigenvalue weighted by Crippen LogP contribution is -2.49. The predicted molar refractivity (Wildman–Crippen MR) is 145 cm³/mol. The van der Waals surface area contributed by atoms with Gasteiger partial charge in [-0.25, -0.2) is 0 Å². The molecule has 7 nitrogen and oxygen atoms in total. The van der Waals surface area contributed by atoms with Crippen LogP contribution in [0, 0.1) is 0 Å². The molecule has 0 spiro atoms. The highest BCUT2D eigenvalue weighted by molar-refractivity contribution is 7.17. The number of anilines is 2. The zero-order valence-electron chi connectivity index (χ0n) is 20.7. The molecule has 0 radical (unpaired) electrons. The van der Waals surface area contributed by atoms with Crippen LogP contribution in [0.15, 0.2) is 60.7 Å². The van der Waals surface area contributed by atoms with Gasteiger partial charge in [0.05, 0.1) is 17.5 Å². The van der Waals surface area contributed by atoms with E-state index in [9.17, 15) is 19.5 Å². The molecule has 1 aliphatic carbocycles. The summed E-state index contributed by atoms with van der Waals surface area (Å²) in [4.78, 5) is 41.8. The van der Waals surface area contributed by atoms with E-state index >= 15 is 0 Å². The topological polar surface area (TPSA) is 98.7 Å². The van der Waals surface area contributed by atoms with Gasteiger partial charge in [-0.1, -0.05) is 48.5 Å². The van der Waals surface area contributed by atoms with E-state index < -0.39 is 11.4 Å². The maximum atomic E-state index is 13.3. The highest BCUT2D eigenvalue weighted by Crippen LogP contribution is 2.39. The molecule has 0 unspecified atom stereocenters. The van der Waals surface area contributed by atoms with Gasteiger partial charge in [-0.2, -0.15) is 0 Å². The van der Waals surface area contributed by atoms with Gasteiger partial charge in [0.1, 0.15) is 5.00 Å². The summed E-state index contributed by atoms with van der Waals surface area (Å²) >= 11 is 1.50. The van der Waals surface area contributed by atoms with Gasteiger partial charge >= 0.3 is 5.97 Å². The summed E-state index contributed by atoms with van der Waals surface area (Å²) in [5.74, 6) is -1.20. The zero-order chi connectivity index (χ0) is 25.8. The summed E-state index contributed by atoms with van der Waals surface area (Å²) in [7, 11) is 0. The summed E-state index contributed by atoms with van der Waals surface area (Å²) < 4.78 is 0. The van der Waals surface area contributed by atoms with Crippen molar-refractivity contribution in [3.8, 4) is 0 Å². The van der Waals surface area contributed by atoms with Gasteiger partial charge in [0, 0.05) is 23.7 Å². The number of carboxylic acid groups (broad SMARTS) is 1. The van der Waals surface area contributed by atoms with Gasteiger partial charge in [-0.05, 0) is 61.8 Å². The van der Waals surface area contributed by atoms with Crippen molar-refractivity contribution in [2.45, 2.75) is 43.9 Å². The lowest BCUT2D eigenvalue weighted by atomic mass is 9.73. The number of thiophene rings is 1. The Balaban J connectivity index is 1.27. The second-order valence-corrected chi connectivity index (χ2v) is 10.9. The Morgan fingerprint density at radius 3 is 2.22 bits per heavy atom. The number of piperidine rings is 1. The molecule has 2 aromatic carbocycles. The van der Waals surface area contributed by atoms with Crippen LogP contribution in [0.2, 0.25) is 0 Å². The van der Waals surface area contributed by atoms with Gasteiger partial charge in [-0.15, -0.1) is 11.3 Å². The van der Waals surface area contributed by atoms with Crippen LogP contribution >= 0.6 is 11.3 Å². The Labute approximate surface area is 220 Å². The minimum absolute atomic E-state index is 0.160. The summed E-state index contributed by atoms with van der Waals surface area (Å²) in [6.45, 7) is 1.18. The number of amides is 2. The number of nitrogens with zero attached hydrogens (tertiary/aromatic N) is 1. The van der Waals surface area contributed by atoms with Crippen LogP contribution in [0.4, 0.5) is 10.7 Å². The van der Waals surface area contributed by atoms with E-state index in [1.54, 1.807) is 0 Å². The third-order valence-electron chi connectivity index (χ3n) is 7.50. The number of hydrogen-bond acceptors (Lipinski definition) is 5. The fourth-order valence-corrected chi connectivity index (χ4v) is 6.76. The first kappa shape index (κ1) is 25.2. The molecule has 5 rings (SSSR count). The van der Waals surface area contributed by atoms with Crippen molar-refractivity contribution in [2.24, 2.45) is 0 Å². The van der Waals surface area contributed by atoms with Crippen molar-refractivity contribution < 1.29 is 19.5 Å². The predicted octanol–water partition coefficient (Wildman–Crippen LogP) is 4.94. The van der Waals surface area contributed by atoms with E-state index in [1.807, 2.05) is 65.6 Å². The van der Waals surface area contributed by atoms with E-state index in [4.69, 9.17) is 0 Å². The number of aryl methyl sites for hydroxylation is 1. The number of para-hydroxylation sites is 1. The molecule has 37 heavy (non-hydrogen) atoms. The Bertz CT molecular complexity index is 1280. The number of carbonyl (C=O) groups is 3. The molecule has 1 saturated heterocycles. The van der Waals surface area contributed by atoms with Crippen LogP contribution in [-0.2, 0) is 27.8 Å². The first-order valence-electron chi connectivity index (χ1n) is 12.8. The summed E-state index contributed by atoms with van der Waals surface area (Å²) in [5.41, 5.74) is 2.22. The number of carbonyl (C=O) groups excluding carboxylic acids is 2. The van der Waals surface area contributed by atoms with Gasteiger partial charge in [0.15, 0.2) is 0 Å². The van der Waals surface area contributed by atoms with E-state index in [0.29, 0.717) is 42.2 Å². The highest BCUT2D eigenvalue weighted by atomic mass is 32.1. The number of rotatable bonds is 7. The van der Waals surface area contributed by atoms with Gasteiger partial charge in [-0.3, -0.25) is 19.3 Å². The molecular weight excluding hydrogens is 486 g/mol. The number of aliphatic carboxylic acids is 1. The van der Waals surface area contributed by atoms with Crippen molar-refractivity contribution in [1.82, 2.24) is 4.90 Å². The molecule has 0 saturated carbocycles. The average molecular weight is 518 g/mol. The third kappa shape index (κ3) is 5.31. The molecule has 192 valence electrons. The molecule has 2 aliphatic rings. The quantitative estimate of drug-likeness (QED) is 0.413. The van der Waals surface area contributed by atoms with E-state index in [0.717, 1.165) is 36.8 Å². The molecule has 2 heterocycles. The normalized spacial score (nSPS) is 17.0. The highest BCUT2D eigenvalue weighted by Gasteiger charge is 2.43. The molecule has 1 aromatic heterocycles. The van der Waals surface area contributed by atoms with Crippen LogP contribution in [0.25, 0.3) is 0 Å². The van der Waals surface area contributed by atoms with Crippen molar-refractivity contribution in [3.63, 3.8) is 0 Å². The number of hydrogen-bond donors (Lipinski definition) is 3. The number of benzene rings is 2. The van der Waals surface area contributed by atoms with Crippen LogP contribution in [0.3, 0.4) is 0 Å². The van der Waals surface area contributed by atoms with E-state index in [1.165, 1.54) is 16.2 Å². The van der Waals surface area contributed by atoms with Gasteiger partial charge in [0.2, 0.25) is 5.91 Å². The van der Waals surface area contributed by atoms with Crippen molar-refractivity contribution in [2.75, 3.05) is 30.3 Å². The third-order valence-corrected chi connectivity index (χ3v) is 8.70. The maximum Gasteiger partial charge on any atom is 0.314 e. The van der Waals surface area contributed by atoms with Crippen LogP contribution in [-0.4, -0.2) is 47.4 Å². The smallest absolute Gasteiger partial charge is 0.314 e. The molecule has 2 amide bonds. The lowest BCUT2D eigenvalue weighted by Gasteiger charge is -2.39. The minimum atomic E-state index is -0.927. The standard InChI is InChI=1S/C29H31N3O4S/c33-24(19-32-17-15-29(16-18-32,28(35)36)20-9-3-1-4-10-20)31-27-25(22-13-7-8-14-23(22)37-27)26(34)30-21-11-5-2-6-12-21/h1-6,9-12H,7-8,13-19H2,(H,30,34)(H,31,33)(H,35,36). The van der Waals surface area contributed by atoms with Crippen molar-refractivity contribution in [1.29, 1.82) is 0 Å².